The number of piperazine rings is 1. The average molecular weight is 288 g/mol. The monoisotopic (exact) mass is 288 g/mol. The topological polar surface area (TPSA) is 62.7 Å². The smallest absolute Gasteiger partial charge is 0.155 e. The van der Waals surface area contributed by atoms with Crippen LogP contribution in [0.1, 0.15) is 25.5 Å². The third-order valence-corrected chi connectivity index (χ3v) is 4.21. The standard InChI is InChI=1S/C15H24N6/c1-11(2)13-8-14-15(17-4-5-21(14)18-13)20-7-6-19(3)10-12(20)9-16/h4-5,8,11-12H,6-7,9-10,16H2,1-3H3. The number of nitrogens with two attached hydrogens (primary N) is 1. The Bertz CT molecular complexity index is 620. The first-order valence-electron chi connectivity index (χ1n) is 7.59. The van der Waals surface area contributed by atoms with Gasteiger partial charge >= 0.3 is 0 Å². The van der Waals surface area contributed by atoms with Gasteiger partial charge < -0.3 is 15.5 Å². The molecule has 1 aliphatic heterocycles. The summed E-state index contributed by atoms with van der Waals surface area (Å²) in [7, 11) is 2.14. The number of anilines is 1. The fraction of sp³-hybridized carbons (Fsp3) is 0.600. The number of likely N-dealkylation sites (N-methyl/N-ethyl adjacent to an activating group) is 1. The van der Waals surface area contributed by atoms with Crippen LogP contribution in [0, 0.1) is 0 Å². The van der Waals surface area contributed by atoms with Crippen LogP contribution in [0.4, 0.5) is 5.82 Å². The zero-order valence-corrected chi connectivity index (χ0v) is 13.0. The lowest BCUT2D eigenvalue weighted by Crippen LogP contribution is -2.55. The maximum Gasteiger partial charge on any atom is 0.155 e. The molecule has 1 fully saturated rings. The quantitative estimate of drug-likeness (QED) is 0.910. The molecule has 0 bridgehead atoms. The molecule has 2 aromatic heterocycles. The van der Waals surface area contributed by atoms with E-state index in [0.29, 0.717) is 18.5 Å². The lowest BCUT2D eigenvalue weighted by molar-refractivity contribution is 0.269. The summed E-state index contributed by atoms with van der Waals surface area (Å²) < 4.78 is 1.93. The van der Waals surface area contributed by atoms with Crippen molar-refractivity contribution in [3.05, 3.63) is 24.2 Å². The molecule has 0 aliphatic carbocycles. The Morgan fingerprint density at radius 3 is 2.90 bits per heavy atom. The normalized spacial score (nSPS) is 20.6. The Morgan fingerprint density at radius 2 is 2.19 bits per heavy atom. The highest BCUT2D eigenvalue weighted by molar-refractivity contribution is 5.70. The van der Waals surface area contributed by atoms with E-state index in [1.807, 2.05) is 16.9 Å². The maximum atomic E-state index is 5.97. The fourth-order valence-electron chi connectivity index (χ4n) is 2.92. The van der Waals surface area contributed by atoms with E-state index in [0.717, 1.165) is 36.7 Å². The van der Waals surface area contributed by atoms with Crippen LogP contribution in [0.3, 0.4) is 0 Å². The summed E-state index contributed by atoms with van der Waals surface area (Å²) in [6, 6.07) is 2.46. The number of aromatic nitrogens is 3. The van der Waals surface area contributed by atoms with E-state index >= 15 is 0 Å². The molecule has 1 aliphatic rings. The number of rotatable bonds is 3. The third-order valence-electron chi connectivity index (χ3n) is 4.21. The molecule has 0 radical (unpaired) electrons. The second-order valence-corrected chi connectivity index (χ2v) is 6.15. The highest BCUT2D eigenvalue weighted by atomic mass is 15.3. The molecule has 3 heterocycles. The summed E-state index contributed by atoms with van der Waals surface area (Å²) in [5, 5.41) is 4.64. The van der Waals surface area contributed by atoms with Crippen LogP contribution in [-0.4, -0.2) is 58.8 Å². The summed E-state index contributed by atoms with van der Waals surface area (Å²) in [5.74, 6) is 1.41. The van der Waals surface area contributed by atoms with E-state index in [2.05, 4.69) is 46.8 Å². The predicted molar refractivity (Wildman–Crippen MR) is 84.8 cm³/mol. The molecule has 2 aromatic rings. The largest absolute Gasteiger partial charge is 0.348 e. The van der Waals surface area contributed by atoms with Gasteiger partial charge in [-0.15, -0.1) is 0 Å². The van der Waals surface area contributed by atoms with Crippen molar-refractivity contribution in [3.63, 3.8) is 0 Å². The van der Waals surface area contributed by atoms with Crippen LogP contribution in [0.15, 0.2) is 18.5 Å². The summed E-state index contributed by atoms with van der Waals surface area (Å²) in [6.07, 6.45) is 3.74. The van der Waals surface area contributed by atoms with E-state index in [-0.39, 0.29) is 0 Å². The summed E-state index contributed by atoms with van der Waals surface area (Å²) in [5.41, 5.74) is 8.15. The van der Waals surface area contributed by atoms with Gasteiger partial charge in [-0.25, -0.2) is 9.50 Å². The van der Waals surface area contributed by atoms with Crippen molar-refractivity contribution in [3.8, 4) is 0 Å². The van der Waals surface area contributed by atoms with Gasteiger partial charge in [0.25, 0.3) is 0 Å². The lowest BCUT2D eigenvalue weighted by Gasteiger charge is -2.40. The van der Waals surface area contributed by atoms with E-state index in [4.69, 9.17) is 5.73 Å². The van der Waals surface area contributed by atoms with Gasteiger partial charge in [-0.2, -0.15) is 5.10 Å². The van der Waals surface area contributed by atoms with Gasteiger partial charge in [-0.1, -0.05) is 13.8 Å². The zero-order chi connectivity index (χ0) is 15.0. The number of hydrogen-bond donors (Lipinski definition) is 1. The summed E-state index contributed by atoms with van der Waals surface area (Å²) in [4.78, 5) is 9.28. The minimum atomic E-state index is 0.305. The van der Waals surface area contributed by atoms with Crippen LogP contribution in [-0.2, 0) is 0 Å². The van der Waals surface area contributed by atoms with Crippen molar-refractivity contribution in [2.45, 2.75) is 25.8 Å². The molecule has 0 aromatic carbocycles. The maximum absolute atomic E-state index is 5.97. The molecule has 1 atom stereocenters. The van der Waals surface area contributed by atoms with E-state index in [1.54, 1.807) is 0 Å². The summed E-state index contributed by atoms with van der Waals surface area (Å²) in [6.45, 7) is 7.92. The Labute approximate surface area is 125 Å². The molecule has 1 saturated heterocycles. The molecule has 0 spiro atoms. The van der Waals surface area contributed by atoms with Gasteiger partial charge in [0.05, 0.1) is 11.7 Å². The molecule has 0 amide bonds. The van der Waals surface area contributed by atoms with E-state index < -0.39 is 0 Å². The Kier molecular flexibility index (Phi) is 3.82. The first kappa shape index (κ1) is 14.3. The predicted octanol–water partition coefficient (Wildman–Crippen LogP) is 0.932. The molecule has 1 unspecified atom stereocenters. The number of fused-ring (bicyclic) bond motifs is 1. The summed E-state index contributed by atoms with van der Waals surface area (Å²) >= 11 is 0. The molecule has 21 heavy (non-hydrogen) atoms. The van der Waals surface area contributed by atoms with Gasteiger partial charge in [-0.3, -0.25) is 0 Å². The van der Waals surface area contributed by atoms with Crippen molar-refractivity contribution in [1.82, 2.24) is 19.5 Å². The molecular formula is C15H24N6. The SMILES string of the molecule is CC(C)c1cc2c(N3CCN(C)CC3CN)nccn2n1. The van der Waals surface area contributed by atoms with Crippen LogP contribution in [0.2, 0.25) is 0 Å². The lowest BCUT2D eigenvalue weighted by atomic mass is 10.1. The highest BCUT2D eigenvalue weighted by Crippen LogP contribution is 2.25. The van der Waals surface area contributed by atoms with Crippen molar-refractivity contribution in [2.24, 2.45) is 5.73 Å². The van der Waals surface area contributed by atoms with Crippen LogP contribution in [0.25, 0.3) is 5.52 Å². The number of nitrogens with zero attached hydrogens (tertiary/aromatic N) is 5. The molecule has 6 heteroatoms. The van der Waals surface area contributed by atoms with Gasteiger partial charge in [0.15, 0.2) is 5.82 Å². The van der Waals surface area contributed by atoms with Crippen LogP contribution >= 0.6 is 0 Å². The molecule has 0 saturated carbocycles. The molecule has 114 valence electrons. The second-order valence-electron chi connectivity index (χ2n) is 6.15. The van der Waals surface area contributed by atoms with Crippen molar-refractivity contribution in [1.29, 1.82) is 0 Å². The molecular weight excluding hydrogens is 264 g/mol. The minimum absolute atomic E-state index is 0.305. The first-order chi connectivity index (χ1) is 10.1. The van der Waals surface area contributed by atoms with E-state index in [1.165, 1.54) is 0 Å². The van der Waals surface area contributed by atoms with E-state index in [9.17, 15) is 0 Å². The number of hydrogen-bond acceptors (Lipinski definition) is 5. The van der Waals surface area contributed by atoms with Crippen LogP contribution in [0.5, 0.6) is 0 Å². The minimum Gasteiger partial charge on any atom is -0.348 e. The Balaban J connectivity index is 2.02. The van der Waals surface area contributed by atoms with Crippen molar-refractivity contribution in [2.75, 3.05) is 38.1 Å². The Morgan fingerprint density at radius 1 is 1.38 bits per heavy atom. The van der Waals surface area contributed by atoms with Gasteiger partial charge in [-0.05, 0) is 19.0 Å². The highest BCUT2D eigenvalue weighted by Gasteiger charge is 2.27. The average Bonchev–Trinajstić information content (AvgIpc) is 2.91. The zero-order valence-electron chi connectivity index (χ0n) is 13.0. The Hall–Kier alpha value is -1.66. The van der Waals surface area contributed by atoms with Gasteiger partial charge in [0.1, 0.15) is 5.52 Å². The van der Waals surface area contributed by atoms with Crippen molar-refractivity contribution >= 4 is 11.3 Å². The van der Waals surface area contributed by atoms with Gasteiger partial charge in [0.2, 0.25) is 0 Å². The molecule has 3 rings (SSSR count). The second kappa shape index (κ2) is 5.61. The van der Waals surface area contributed by atoms with Gasteiger partial charge in [0, 0.05) is 38.6 Å². The third kappa shape index (κ3) is 2.61. The van der Waals surface area contributed by atoms with Crippen LogP contribution < -0.4 is 10.6 Å². The fourth-order valence-corrected chi connectivity index (χ4v) is 2.92. The van der Waals surface area contributed by atoms with Crippen molar-refractivity contribution < 1.29 is 0 Å². The molecule has 6 nitrogen and oxygen atoms in total. The molecule has 2 N–H and O–H groups in total. The first-order valence-corrected chi connectivity index (χ1v) is 7.59.